The van der Waals surface area contributed by atoms with E-state index in [4.69, 9.17) is 4.74 Å². The largest absolute Gasteiger partial charge is 0.363 e. The van der Waals surface area contributed by atoms with Gasteiger partial charge in [-0.15, -0.1) is 0 Å². The van der Waals surface area contributed by atoms with Crippen LogP contribution in [0.1, 0.15) is 45.0 Å². The van der Waals surface area contributed by atoms with Gasteiger partial charge in [-0.3, -0.25) is 19.0 Å². The van der Waals surface area contributed by atoms with Crippen LogP contribution in [0.2, 0.25) is 0 Å². The summed E-state index contributed by atoms with van der Waals surface area (Å²) in [5.74, 6) is 0.853. The number of hydrogen-bond acceptors (Lipinski definition) is 5. The third kappa shape index (κ3) is 2.40. The first-order valence-corrected chi connectivity index (χ1v) is 8.55. The van der Waals surface area contributed by atoms with Crippen LogP contribution in [0, 0.1) is 5.92 Å². The summed E-state index contributed by atoms with van der Waals surface area (Å²) in [4.78, 5) is 38.8. The summed E-state index contributed by atoms with van der Waals surface area (Å²) < 4.78 is 8.69. The fourth-order valence-corrected chi connectivity index (χ4v) is 3.59. The molecule has 2 fully saturated rings. The second kappa shape index (κ2) is 5.27. The number of aromatic nitrogens is 3. The smallest absolute Gasteiger partial charge is 0.332 e. The zero-order valence-electron chi connectivity index (χ0n) is 14.0. The fourth-order valence-electron chi connectivity index (χ4n) is 3.59. The molecular weight excluding hydrogens is 312 g/mol. The average Bonchev–Trinajstić information content (AvgIpc) is 3.33. The molecule has 8 nitrogen and oxygen atoms in total. The lowest BCUT2D eigenvalue weighted by Gasteiger charge is -2.35. The van der Waals surface area contributed by atoms with Crippen molar-refractivity contribution in [3.8, 4) is 0 Å². The minimum atomic E-state index is -0.602. The van der Waals surface area contributed by atoms with Gasteiger partial charge in [0.05, 0.1) is 19.1 Å². The molecule has 1 amide bonds. The number of ether oxygens (including phenoxy) is 1. The van der Waals surface area contributed by atoms with E-state index >= 15 is 0 Å². The zero-order valence-corrected chi connectivity index (χ0v) is 14.0. The Labute approximate surface area is 139 Å². The highest BCUT2D eigenvalue weighted by atomic mass is 16.5. The molecule has 0 aromatic carbocycles. The number of rotatable bonds is 2. The lowest BCUT2D eigenvalue weighted by Crippen LogP contribution is -2.53. The minimum Gasteiger partial charge on any atom is -0.363 e. The van der Waals surface area contributed by atoms with Crippen LogP contribution in [0.15, 0.2) is 9.59 Å². The third-order valence-electron chi connectivity index (χ3n) is 5.17. The van der Waals surface area contributed by atoms with Gasteiger partial charge in [-0.1, -0.05) is 0 Å². The van der Waals surface area contributed by atoms with Crippen molar-refractivity contribution in [1.82, 2.24) is 19.2 Å². The van der Waals surface area contributed by atoms with Crippen molar-refractivity contribution in [2.75, 3.05) is 13.1 Å². The number of carbonyl (C=O) groups excluding carboxylic acids is 1. The molecule has 0 unspecified atom stereocenters. The van der Waals surface area contributed by atoms with Crippen LogP contribution < -0.4 is 11.1 Å². The van der Waals surface area contributed by atoms with Gasteiger partial charge in [0, 0.05) is 12.5 Å². The summed E-state index contributed by atoms with van der Waals surface area (Å²) in [6.07, 6.45) is 2.64. The van der Waals surface area contributed by atoms with E-state index in [1.807, 2.05) is 18.7 Å². The number of nitrogens with zero attached hydrogens (tertiary/aromatic N) is 4. The van der Waals surface area contributed by atoms with Crippen LogP contribution in [0.5, 0.6) is 0 Å². The number of fused-ring (bicyclic) bond motifs is 1. The normalized spacial score (nSPS) is 26.2. The number of amides is 1. The molecule has 1 aliphatic carbocycles. The van der Waals surface area contributed by atoms with E-state index in [9.17, 15) is 14.4 Å². The van der Waals surface area contributed by atoms with Crippen molar-refractivity contribution >= 4 is 5.91 Å². The Morgan fingerprint density at radius 3 is 2.67 bits per heavy atom. The number of carbonyl (C=O) groups is 1. The molecule has 24 heavy (non-hydrogen) atoms. The molecule has 1 saturated heterocycles. The molecule has 4 rings (SSSR count). The SMILES string of the molecule is CC(C)n1nc2n(c(=O)c1=O)C[C@@]1(CCN(C(=O)C3CC3)C1)OC2. The van der Waals surface area contributed by atoms with Crippen molar-refractivity contribution < 1.29 is 9.53 Å². The highest BCUT2D eigenvalue weighted by molar-refractivity contribution is 5.81. The molecule has 1 aromatic rings. The molecule has 130 valence electrons. The molecule has 1 atom stereocenters. The summed E-state index contributed by atoms with van der Waals surface area (Å²) in [6, 6.07) is -0.176. The predicted octanol–water partition coefficient (Wildman–Crippen LogP) is -0.103. The minimum absolute atomic E-state index is 0.176. The molecule has 0 bridgehead atoms. The van der Waals surface area contributed by atoms with Crippen LogP contribution in [0.25, 0.3) is 0 Å². The van der Waals surface area contributed by atoms with E-state index in [1.54, 1.807) is 0 Å². The van der Waals surface area contributed by atoms with Crippen LogP contribution in [-0.4, -0.2) is 43.8 Å². The Morgan fingerprint density at radius 2 is 2.00 bits per heavy atom. The zero-order chi connectivity index (χ0) is 17.1. The molecule has 1 spiro atoms. The molecule has 0 radical (unpaired) electrons. The van der Waals surface area contributed by atoms with Gasteiger partial charge in [0.2, 0.25) is 5.91 Å². The highest BCUT2D eigenvalue weighted by Crippen LogP contribution is 2.36. The number of hydrogen-bond donors (Lipinski definition) is 0. The van der Waals surface area contributed by atoms with E-state index < -0.39 is 16.7 Å². The van der Waals surface area contributed by atoms with Crippen molar-refractivity contribution in [2.45, 2.75) is 57.9 Å². The molecule has 1 aromatic heterocycles. The first-order chi connectivity index (χ1) is 11.4. The quantitative estimate of drug-likeness (QED) is 0.705. The average molecular weight is 334 g/mol. The summed E-state index contributed by atoms with van der Waals surface area (Å²) in [6.45, 7) is 5.24. The van der Waals surface area contributed by atoms with Gasteiger partial charge in [-0.05, 0) is 33.1 Å². The van der Waals surface area contributed by atoms with E-state index in [0.717, 1.165) is 12.8 Å². The summed E-state index contributed by atoms with van der Waals surface area (Å²) in [7, 11) is 0. The fraction of sp³-hybridized carbons (Fsp3) is 0.750. The molecule has 3 aliphatic rings. The van der Waals surface area contributed by atoms with Gasteiger partial charge in [0.25, 0.3) is 0 Å². The van der Waals surface area contributed by atoms with Crippen LogP contribution in [0.4, 0.5) is 0 Å². The van der Waals surface area contributed by atoms with Gasteiger partial charge < -0.3 is 9.64 Å². The Hall–Kier alpha value is -1.96. The maximum Gasteiger partial charge on any atom is 0.332 e. The first-order valence-electron chi connectivity index (χ1n) is 8.55. The van der Waals surface area contributed by atoms with Gasteiger partial charge in [-0.25, -0.2) is 4.68 Å². The Morgan fingerprint density at radius 1 is 1.25 bits per heavy atom. The van der Waals surface area contributed by atoms with Crippen LogP contribution in [-0.2, 0) is 22.7 Å². The third-order valence-corrected chi connectivity index (χ3v) is 5.17. The summed E-state index contributed by atoms with van der Waals surface area (Å²) >= 11 is 0. The van der Waals surface area contributed by atoms with Gasteiger partial charge in [0.15, 0.2) is 5.82 Å². The highest BCUT2D eigenvalue weighted by Gasteiger charge is 2.46. The monoisotopic (exact) mass is 334 g/mol. The topological polar surface area (TPSA) is 86.4 Å². The second-order valence-corrected chi connectivity index (χ2v) is 7.41. The van der Waals surface area contributed by atoms with Crippen molar-refractivity contribution in [3.05, 3.63) is 26.5 Å². The molecule has 8 heteroatoms. The lowest BCUT2D eigenvalue weighted by atomic mass is 10.0. The van der Waals surface area contributed by atoms with Gasteiger partial charge >= 0.3 is 11.1 Å². The maximum atomic E-state index is 12.5. The Bertz CT molecular complexity index is 807. The van der Waals surface area contributed by atoms with E-state index in [0.29, 0.717) is 25.3 Å². The van der Waals surface area contributed by atoms with Crippen molar-refractivity contribution in [3.63, 3.8) is 0 Å². The summed E-state index contributed by atoms with van der Waals surface area (Å²) in [5, 5.41) is 4.28. The van der Waals surface area contributed by atoms with E-state index in [2.05, 4.69) is 5.10 Å². The molecule has 0 N–H and O–H groups in total. The lowest BCUT2D eigenvalue weighted by molar-refractivity contribution is -0.134. The first kappa shape index (κ1) is 15.6. The molecular formula is C16H22N4O4. The van der Waals surface area contributed by atoms with Gasteiger partial charge in [-0.2, -0.15) is 5.10 Å². The van der Waals surface area contributed by atoms with E-state index in [1.165, 1.54) is 9.25 Å². The van der Waals surface area contributed by atoms with Crippen LogP contribution in [0.3, 0.4) is 0 Å². The Kier molecular flexibility index (Phi) is 3.42. The van der Waals surface area contributed by atoms with Crippen molar-refractivity contribution in [1.29, 1.82) is 0 Å². The summed E-state index contributed by atoms with van der Waals surface area (Å²) in [5.41, 5.74) is -1.72. The Balaban J connectivity index is 1.62. The standard InChI is InChI=1S/C16H22N4O4/c1-10(2)20-15(23)14(22)19-9-16(24-7-12(19)17-20)5-6-18(8-16)13(21)11-3-4-11/h10-11H,3-9H2,1-2H3/t16-/m0/s1. The van der Waals surface area contributed by atoms with Crippen molar-refractivity contribution in [2.24, 2.45) is 5.92 Å². The second-order valence-electron chi connectivity index (χ2n) is 7.41. The predicted molar refractivity (Wildman–Crippen MR) is 84.6 cm³/mol. The van der Waals surface area contributed by atoms with Crippen LogP contribution >= 0.6 is 0 Å². The van der Waals surface area contributed by atoms with Gasteiger partial charge in [0.1, 0.15) is 12.2 Å². The molecule has 2 aliphatic heterocycles. The maximum absolute atomic E-state index is 12.5. The van der Waals surface area contributed by atoms with E-state index in [-0.39, 0.29) is 31.0 Å². The molecule has 1 saturated carbocycles. The number of likely N-dealkylation sites (tertiary alicyclic amines) is 1. The molecule has 3 heterocycles.